The van der Waals surface area contributed by atoms with Gasteiger partial charge in [-0.05, 0) is 29.8 Å². The predicted molar refractivity (Wildman–Crippen MR) is 120 cm³/mol. The molecule has 0 aliphatic carbocycles. The molecule has 1 aliphatic heterocycles. The summed E-state index contributed by atoms with van der Waals surface area (Å²) in [7, 11) is 3.06. The van der Waals surface area contributed by atoms with Crippen LogP contribution in [0.4, 0.5) is 5.69 Å². The van der Waals surface area contributed by atoms with Crippen molar-refractivity contribution in [3.63, 3.8) is 0 Å². The van der Waals surface area contributed by atoms with Crippen molar-refractivity contribution in [2.45, 2.75) is 12.6 Å². The molecule has 0 saturated carbocycles. The van der Waals surface area contributed by atoms with Gasteiger partial charge in [0.1, 0.15) is 17.2 Å². The second-order valence-corrected chi connectivity index (χ2v) is 7.29. The van der Waals surface area contributed by atoms with E-state index in [1.807, 2.05) is 36.4 Å². The number of amides is 2. The topological polar surface area (TPSA) is 77.1 Å². The highest BCUT2D eigenvalue weighted by Crippen LogP contribution is 2.35. The van der Waals surface area contributed by atoms with E-state index in [-0.39, 0.29) is 18.4 Å². The lowest BCUT2D eigenvalue weighted by atomic mass is 10.1. The highest BCUT2D eigenvalue weighted by molar-refractivity contribution is 6.08. The number of anilines is 1. The van der Waals surface area contributed by atoms with Crippen molar-refractivity contribution in [1.82, 2.24) is 5.32 Å². The minimum absolute atomic E-state index is 0.0794. The van der Waals surface area contributed by atoms with Crippen molar-refractivity contribution in [2.75, 3.05) is 25.7 Å². The van der Waals surface area contributed by atoms with Crippen LogP contribution in [0, 0.1) is 0 Å². The van der Waals surface area contributed by atoms with Gasteiger partial charge < -0.3 is 24.4 Å². The highest BCUT2D eigenvalue weighted by Gasteiger charge is 2.34. The molecular weight excluding hydrogens is 408 g/mol. The standard InChI is InChI=1S/C25H24N2O5/c1-30-19-12-18(13-20(14-19)31-2)25(29)27-16-23(32-22-11-7-6-10-21(22)27)24(28)26-15-17-8-4-3-5-9-17/h3-14,23H,15-16H2,1-2H3,(H,26,28). The summed E-state index contributed by atoms with van der Waals surface area (Å²) >= 11 is 0. The summed E-state index contributed by atoms with van der Waals surface area (Å²) in [5, 5.41) is 2.89. The van der Waals surface area contributed by atoms with Gasteiger partial charge in [0.05, 0.1) is 26.5 Å². The Morgan fingerprint density at radius 3 is 2.31 bits per heavy atom. The molecule has 0 fully saturated rings. The summed E-state index contributed by atoms with van der Waals surface area (Å²) in [4.78, 5) is 27.9. The third-order valence-electron chi connectivity index (χ3n) is 5.22. The van der Waals surface area contributed by atoms with Crippen LogP contribution in [0.15, 0.2) is 72.8 Å². The second-order valence-electron chi connectivity index (χ2n) is 7.29. The number of carbonyl (C=O) groups excluding carboxylic acids is 2. The molecule has 7 heteroatoms. The van der Waals surface area contributed by atoms with E-state index in [4.69, 9.17) is 14.2 Å². The Balaban J connectivity index is 1.59. The first-order valence-corrected chi connectivity index (χ1v) is 10.2. The average molecular weight is 432 g/mol. The lowest BCUT2D eigenvalue weighted by molar-refractivity contribution is -0.127. The SMILES string of the molecule is COc1cc(OC)cc(C(=O)N2CC(C(=O)NCc3ccccc3)Oc3ccccc32)c1. The van der Waals surface area contributed by atoms with Crippen LogP contribution in [0.2, 0.25) is 0 Å². The molecule has 7 nitrogen and oxygen atoms in total. The first-order valence-electron chi connectivity index (χ1n) is 10.2. The van der Waals surface area contributed by atoms with Crippen molar-refractivity contribution in [2.24, 2.45) is 0 Å². The summed E-state index contributed by atoms with van der Waals surface area (Å²) in [6.07, 6.45) is -0.843. The van der Waals surface area contributed by atoms with Gasteiger partial charge in [-0.25, -0.2) is 0 Å². The van der Waals surface area contributed by atoms with Gasteiger partial charge >= 0.3 is 0 Å². The fourth-order valence-corrected chi connectivity index (χ4v) is 3.55. The van der Waals surface area contributed by atoms with Crippen molar-refractivity contribution in [1.29, 1.82) is 0 Å². The number of ether oxygens (including phenoxy) is 3. The molecule has 3 aromatic carbocycles. The van der Waals surface area contributed by atoms with E-state index in [2.05, 4.69) is 5.32 Å². The van der Waals surface area contributed by atoms with Gasteiger partial charge in [-0.15, -0.1) is 0 Å². The molecule has 1 N–H and O–H groups in total. The van der Waals surface area contributed by atoms with Crippen molar-refractivity contribution >= 4 is 17.5 Å². The van der Waals surface area contributed by atoms with Gasteiger partial charge in [0, 0.05) is 18.2 Å². The van der Waals surface area contributed by atoms with Crippen LogP contribution in [0.5, 0.6) is 17.2 Å². The summed E-state index contributed by atoms with van der Waals surface area (Å²) in [6.45, 7) is 0.457. The van der Waals surface area contributed by atoms with Gasteiger partial charge in [0.25, 0.3) is 11.8 Å². The van der Waals surface area contributed by atoms with Gasteiger partial charge in [0.2, 0.25) is 0 Å². The zero-order valence-corrected chi connectivity index (χ0v) is 17.9. The Kier molecular flexibility index (Phi) is 6.26. The normalized spacial score (nSPS) is 14.7. The highest BCUT2D eigenvalue weighted by atomic mass is 16.5. The monoisotopic (exact) mass is 432 g/mol. The smallest absolute Gasteiger partial charge is 0.263 e. The number of carbonyl (C=O) groups is 2. The van der Waals surface area contributed by atoms with E-state index in [0.717, 1.165) is 5.56 Å². The number of benzene rings is 3. The van der Waals surface area contributed by atoms with E-state index in [1.54, 1.807) is 41.3 Å². The molecule has 164 valence electrons. The number of hydrogen-bond donors (Lipinski definition) is 1. The van der Waals surface area contributed by atoms with Crippen molar-refractivity contribution in [3.05, 3.63) is 83.9 Å². The van der Waals surface area contributed by atoms with Crippen LogP contribution in [0.25, 0.3) is 0 Å². The maximum atomic E-state index is 13.5. The molecule has 1 atom stereocenters. The number of hydrogen-bond acceptors (Lipinski definition) is 5. The summed E-state index contributed by atoms with van der Waals surface area (Å²) in [5.74, 6) is 0.919. The van der Waals surface area contributed by atoms with Gasteiger partial charge in [-0.1, -0.05) is 42.5 Å². The molecule has 1 unspecified atom stereocenters. The second kappa shape index (κ2) is 9.43. The number of para-hydroxylation sites is 2. The van der Waals surface area contributed by atoms with E-state index in [0.29, 0.717) is 35.0 Å². The van der Waals surface area contributed by atoms with Gasteiger partial charge in [0.15, 0.2) is 6.10 Å². The van der Waals surface area contributed by atoms with Gasteiger partial charge in [-0.2, -0.15) is 0 Å². The zero-order valence-electron chi connectivity index (χ0n) is 17.9. The lowest BCUT2D eigenvalue weighted by Gasteiger charge is -2.34. The van der Waals surface area contributed by atoms with E-state index < -0.39 is 6.10 Å². The Bertz CT molecular complexity index is 1090. The van der Waals surface area contributed by atoms with E-state index in [1.165, 1.54) is 14.2 Å². The molecule has 0 spiro atoms. The maximum Gasteiger partial charge on any atom is 0.263 e. The molecule has 0 aromatic heterocycles. The quantitative estimate of drug-likeness (QED) is 0.646. The Hall–Kier alpha value is -4.00. The van der Waals surface area contributed by atoms with Crippen LogP contribution in [-0.2, 0) is 11.3 Å². The van der Waals surface area contributed by atoms with Crippen LogP contribution in [-0.4, -0.2) is 38.7 Å². The summed E-state index contributed by atoms with van der Waals surface area (Å²) in [6, 6.07) is 21.8. The minimum Gasteiger partial charge on any atom is -0.497 e. The zero-order chi connectivity index (χ0) is 22.5. The molecule has 0 radical (unpaired) electrons. The average Bonchev–Trinajstić information content (AvgIpc) is 2.86. The predicted octanol–water partition coefficient (Wildman–Crippen LogP) is 3.43. The molecule has 0 saturated heterocycles. The van der Waals surface area contributed by atoms with Crippen LogP contribution >= 0.6 is 0 Å². The molecule has 2 amide bonds. The molecule has 1 aliphatic rings. The van der Waals surface area contributed by atoms with Crippen molar-refractivity contribution < 1.29 is 23.8 Å². The Morgan fingerprint density at radius 1 is 0.969 bits per heavy atom. The molecule has 1 heterocycles. The Labute approximate surface area is 186 Å². The molecule has 4 rings (SSSR count). The fraction of sp³-hybridized carbons (Fsp3) is 0.200. The third kappa shape index (κ3) is 4.51. The molecule has 3 aromatic rings. The van der Waals surface area contributed by atoms with Crippen LogP contribution in [0.3, 0.4) is 0 Å². The number of rotatable bonds is 6. The van der Waals surface area contributed by atoms with Crippen molar-refractivity contribution in [3.8, 4) is 17.2 Å². The van der Waals surface area contributed by atoms with Gasteiger partial charge in [-0.3, -0.25) is 9.59 Å². The summed E-state index contributed by atoms with van der Waals surface area (Å²) in [5.41, 5.74) is 1.97. The number of nitrogens with zero attached hydrogens (tertiary/aromatic N) is 1. The fourth-order valence-electron chi connectivity index (χ4n) is 3.55. The van der Waals surface area contributed by atoms with E-state index >= 15 is 0 Å². The molecule has 32 heavy (non-hydrogen) atoms. The maximum absolute atomic E-state index is 13.5. The van der Waals surface area contributed by atoms with Crippen LogP contribution in [0.1, 0.15) is 15.9 Å². The number of nitrogens with one attached hydrogen (secondary N) is 1. The largest absolute Gasteiger partial charge is 0.497 e. The lowest BCUT2D eigenvalue weighted by Crippen LogP contribution is -2.50. The number of methoxy groups -OCH3 is 2. The summed E-state index contributed by atoms with van der Waals surface area (Å²) < 4.78 is 16.5. The third-order valence-corrected chi connectivity index (χ3v) is 5.22. The Morgan fingerprint density at radius 2 is 1.62 bits per heavy atom. The molecule has 0 bridgehead atoms. The minimum atomic E-state index is -0.843. The number of fused-ring (bicyclic) bond motifs is 1. The van der Waals surface area contributed by atoms with E-state index in [9.17, 15) is 9.59 Å². The molecular formula is C25H24N2O5. The first-order chi connectivity index (χ1) is 15.6. The first kappa shape index (κ1) is 21.2. The van der Waals surface area contributed by atoms with Crippen LogP contribution < -0.4 is 24.4 Å².